The number of likely N-dealkylation sites (N-methyl/N-ethyl adjacent to an activating group) is 1. The first kappa shape index (κ1) is 12.4. The fourth-order valence-electron chi connectivity index (χ4n) is 1.11. The Morgan fingerprint density at radius 3 is 2.69 bits per heavy atom. The molecule has 4 nitrogen and oxygen atoms in total. The summed E-state index contributed by atoms with van der Waals surface area (Å²) < 4.78 is 5.04. The third-order valence-corrected chi connectivity index (χ3v) is 2.12. The third-order valence-electron chi connectivity index (χ3n) is 2.12. The van der Waals surface area contributed by atoms with Crippen molar-refractivity contribution in [3.63, 3.8) is 0 Å². The fourth-order valence-corrected chi connectivity index (χ4v) is 1.11. The van der Waals surface area contributed by atoms with Crippen molar-refractivity contribution in [3.05, 3.63) is 0 Å². The number of nitrogens with one attached hydrogen (secondary N) is 1. The maximum Gasteiger partial charge on any atom is 0.0905 e. The van der Waals surface area contributed by atoms with E-state index in [9.17, 15) is 0 Å². The lowest BCUT2D eigenvalue weighted by Gasteiger charge is -2.23. The molecule has 1 unspecified atom stereocenters. The summed E-state index contributed by atoms with van der Waals surface area (Å²) in [6, 6.07) is 0.428. The first-order valence-electron chi connectivity index (χ1n) is 4.60. The summed E-state index contributed by atoms with van der Waals surface area (Å²) in [5.74, 6) is 0.271. The molecule has 0 aliphatic carbocycles. The Morgan fingerprint density at radius 2 is 2.23 bits per heavy atom. The molecule has 0 amide bonds. The Morgan fingerprint density at radius 1 is 1.62 bits per heavy atom. The molecule has 0 saturated heterocycles. The molecule has 0 heterocycles. The van der Waals surface area contributed by atoms with Gasteiger partial charge in [0.15, 0.2) is 0 Å². The highest BCUT2D eigenvalue weighted by molar-refractivity contribution is 5.76. The Hall–Kier alpha value is -0.610. The first-order chi connectivity index (χ1) is 6.07. The fraction of sp³-hybridized carbons (Fsp3) is 0.889. The molecule has 0 aliphatic rings. The lowest BCUT2D eigenvalue weighted by Crippen LogP contribution is -2.33. The van der Waals surface area contributed by atoms with Crippen LogP contribution >= 0.6 is 0 Å². The van der Waals surface area contributed by atoms with Gasteiger partial charge in [-0.25, -0.2) is 0 Å². The van der Waals surface area contributed by atoms with Crippen LogP contribution in [0.25, 0.3) is 0 Å². The molecule has 0 bridgehead atoms. The molecular weight excluding hydrogens is 166 g/mol. The minimum atomic E-state index is 0.271. The lowest BCUT2D eigenvalue weighted by atomic mass is 10.2. The second-order valence-corrected chi connectivity index (χ2v) is 3.41. The molecule has 0 aromatic heterocycles. The predicted octanol–water partition coefficient (Wildman–Crippen LogP) is 0.669. The molecule has 0 aromatic carbocycles. The average Bonchev–Trinajstić information content (AvgIpc) is 2.04. The second-order valence-electron chi connectivity index (χ2n) is 3.41. The van der Waals surface area contributed by atoms with Crippen LogP contribution in [-0.2, 0) is 4.74 Å². The minimum Gasteiger partial charge on any atom is -0.388 e. The van der Waals surface area contributed by atoms with Crippen molar-refractivity contribution in [2.75, 3.05) is 27.3 Å². The molecule has 0 aromatic rings. The Balaban J connectivity index is 3.49. The van der Waals surface area contributed by atoms with Gasteiger partial charge in [-0.1, -0.05) is 0 Å². The van der Waals surface area contributed by atoms with Gasteiger partial charge in [-0.3, -0.25) is 5.41 Å². The summed E-state index contributed by atoms with van der Waals surface area (Å²) in [6.07, 6.45) is 1.63. The highest BCUT2D eigenvalue weighted by Gasteiger charge is 2.07. The normalized spacial score (nSPS) is 13.2. The smallest absolute Gasteiger partial charge is 0.0905 e. The topological polar surface area (TPSA) is 62.3 Å². The molecule has 13 heavy (non-hydrogen) atoms. The van der Waals surface area contributed by atoms with Crippen molar-refractivity contribution in [2.45, 2.75) is 25.8 Å². The van der Waals surface area contributed by atoms with Gasteiger partial charge in [0.2, 0.25) is 0 Å². The number of hydrogen-bond acceptors (Lipinski definition) is 3. The lowest BCUT2D eigenvalue weighted by molar-refractivity contribution is 0.115. The van der Waals surface area contributed by atoms with E-state index in [2.05, 4.69) is 18.9 Å². The van der Waals surface area contributed by atoms with Crippen LogP contribution in [0.3, 0.4) is 0 Å². The Labute approximate surface area is 80.6 Å². The number of nitrogens with zero attached hydrogens (tertiary/aromatic N) is 1. The molecule has 0 saturated carbocycles. The number of ether oxygens (including phenoxy) is 1. The zero-order chi connectivity index (χ0) is 10.3. The van der Waals surface area contributed by atoms with E-state index in [0.717, 1.165) is 19.6 Å². The molecule has 4 heteroatoms. The molecule has 0 radical (unpaired) electrons. The summed E-state index contributed by atoms with van der Waals surface area (Å²) in [5.41, 5.74) is 5.25. The van der Waals surface area contributed by atoms with Gasteiger partial charge in [-0.05, 0) is 26.9 Å². The van der Waals surface area contributed by atoms with Crippen molar-refractivity contribution in [3.8, 4) is 0 Å². The standard InChI is InChI=1S/C9H21N3O/c1-8(7-13-3)12(2)6-4-5-9(10)11/h8H,4-7H2,1-3H3,(H3,10,11). The first-order valence-corrected chi connectivity index (χ1v) is 4.60. The molecule has 3 N–H and O–H groups in total. The van der Waals surface area contributed by atoms with Crippen LogP contribution in [0.5, 0.6) is 0 Å². The monoisotopic (exact) mass is 187 g/mol. The van der Waals surface area contributed by atoms with Crippen molar-refractivity contribution in [1.82, 2.24) is 4.90 Å². The molecule has 1 atom stereocenters. The van der Waals surface area contributed by atoms with Crippen molar-refractivity contribution in [1.29, 1.82) is 5.41 Å². The predicted molar refractivity (Wildman–Crippen MR) is 55.1 cm³/mol. The van der Waals surface area contributed by atoms with Gasteiger partial charge in [0, 0.05) is 19.6 Å². The maximum atomic E-state index is 7.06. The summed E-state index contributed by atoms with van der Waals surface area (Å²) >= 11 is 0. The van der Waals surface area contributed by atoms with Crippen LogP contribution < -0.4 is 5.73 Å². The Bertz CT molecular complexity index is 150. The van der Waals surface area contributed by atoms with E-state index in [1.807, 2.05) is 0 Å². The van der Waals surface area contributed by atoms with Crippen molar-refractivity contribution >= 4 is 5.84 Å². The molecule has 0 fully saturated rings. The maximum absolute atomic E-state index is 7.06. The van der Waals surface area contributed by atoms with Crippen molar-refractivity contribution in [2.24, 2.45) is 5.73 Å². The zero-order valence-electron chi connectivity index (χ0n) is 8.84. The molecule has 0 rings (SSSR count). The summed E-state index contributed by atoms with van der Waals surface area (Å²) in [5, 5.41) is 7.06. The Kier molecular flexibility index (Phi) is 6.54. The third kappa shape index (κ3) is 6.54. The highest BCUT2D eigenvalue weighted by Crippen LogP contribution is 1.99. The number of rotatable bonds is 7. The largest absolute Gasteiger partial charge is 0.388 e. The van der Waals surface area contributed by atoms with Crippen LogP contribution in [-0.4, -0.2) is 44.1 Å². The summed E-state index contributed by atoms with van der Waals surface area (Å²) in [6.45, 7) is 3.83. The van der Waals surface area contributed by atoms with E-state index >= 15 is 0 Å². The van der Waals surface area contributed by atoms with Gasteiger partial charge < -0.3 is 15.4 Å². The van der Waals surface area contributed by atoms with E-state index in [0.29, 0.717) is 12.5 Å². The van der Waals surface area contributed by atoms with Gasteiger partial charge in [0.25, 0.3) is 0 Å². The zero-order valence-corrected chi connectivity index (χ0v) is 8.84. The van der Waals surface area contributed by atoms with Crippen LogP contribution in [0.15, 0.2) is 0 Å². The number of hydrogen-bond donors (Lipinski definition) is 2. The number of nitrogens with two attached hydrogens (primary N) is 1. The van der Waals surface area contributed by atoms with Gasteiger partial charge in [0.05, 0.1) is 12.4 Å². The highest BCUT2D eigenvalue weighted by atomic mass is 16.5. The SMILES string of the molecule is COCC(C)N(C)CCCC(=N)N. The quantitative estimate of drug-likeness (QED) is 0.455. The molecule has 0 spiro atoms. The van der Waals surface area contributed by atoms with E-state index in [4.69, 9.17) is 15.9 Å². The van der Waals surface area contributed by atoms with E-state index in [1.54, 1.807) is 7.11 Å². The second kappa shape index (κ2) is 6.86. The number of amidine groups is 1. The van der Waals surface area contributed by atoms with E-state index < -0.39 is 0 Å². The number of methoxy groups -OCH3 is 1. The van der Waals surface area contributed by atoms with E-state index in [1.165, 1.54) is 0 Å². The van der Waals surface area contributed by atoms with E-state index in [-0.39, 0.29) is 5.84 Å². The molecular formula is C9H21N3O. The molecule has 78 valence electrons. The van der Waals surface area contributed by atoms with Crippen molar-refractivity contribution < 1.29 is 4.74 Å². The summed E-state index contributed by atoms with van der Waals surface area (Å²) in [4.78, 5) is 2.21. The van der Waals surface area contributed by atoms with Crippen LogP contribution in [0, 0.1) is 5.41 Å². The van der Waals surface area contributed by atoms with Gasteiger partial charge in [-0.2, -0.15) is 0 Å². The van der Waals surface area contributed by atoms with Crippen LogP contribution in [0.1, 0.15) is 19.8 Å². The molecule has 0 aliphatic heterocycles. The van der Waals surface area contributed by atoms with Crippen LogP contribution in [0.4, 0.5) is 0 Å². The average molecular weight is 187 g/mol. The van der Waals surface area contributed by atoms with Crippen LogP contribution in [0.2, 0.25) is 0 Å². The summed E-state index contributed by atoms with van der Waals surface area (Å²) in [7, 11) is 3.77. The van der Waals surface area contributed by atoms with Gasteiger partial charge >= 0.3 is 0 Å². The van der Waals surface area contributed by atoms with Gasteiger partial charge in [-0.15, -0.1) is 0 Å². The minimum absolute atomic E-state index is 0.271. The van der Waals surface area contributed by atoms with Gasteiger partial charge in [0.1, 0.15) is 0 Å².